The number of hydrogen-bond acceptors (Lipinski definition) is 6. The molecule has 1 aromatic rings. The van der Waals surface area contributed by atoms with Crippen molar-refractivity contribution in [1.82, 2.24) is 9.62 Å². The molecule has 0 aromatic carbocycles. The molecule has 2 amide bonds. The van der Waals surface area contributed by atoms with Gasteiger partial charge >= 0.3 is 5.97 Å². The maximum Gasteiger partial charge on any atom is 0.345 e. The smallest absolute Gasteiger partial charge is 0.345 e. The van der Waals surface area contributed by atoms with Gasteiger partial charge in [0.05, 0.1) is 6.54 Å². The number of thiophene rings is 1. The number of imide groups is 1. The van der Waals surface area contributed by atoms with Gasteiger partial charge in [0.25, 0.3) is 10.0 Å². The van der Waals surface area contributed by atoms with Crippen molar-refractivity contribution in [3.05, 3.63) is 17.0 Å². The Balaban J connectivity index is 2.40. The molecule has 108 valence electrons. The Morgan fingerprint density at radius 1 is 1.45 bits per heavy atom. The summed E-state index contributed by atoms with van der Waals surface area (Å²) < 4.78 is 25.2. The van der Waals surface area contributed by atoms with Gasteiger partial charge in [0.1, 0.15) is 15.1 Å². The fourth-order valence-corrected chi connectivity index (χ4v) is 4.50. The van der Waals surface area contributed by atoms with E-state index in [2.05, 4.69) is 0 Å². The van der Waals surface area contributed by atoms with Crippen molar-refractivity contribution in [3.63, 3.8) is 0 Å². The van der Waals surface area contributed by atoms with E-state index in [0.717, 1.165) is 16.4 Å². The molecule has 0 radical (unpaired) electrons. The van der Waals surface area contributed by atoms with Gasteiger partial charge in [-0.2, -0.15) is 4.31 Å². The molecule has 1 aliphatic heterocycles. The summed E-state index contributed by atoms with van der Waals surface area (Å²) in [5.74, 6) is -2.66. The van der Waals surface area contributed by atoms with Gasteiger partial charge < -0.3 is 5.11 Å². The average Bonchev–Trinajstić information content (AvgIpc) is 2.83. The zero-order valence-electron chi connectivity index (χ0n) is 10.2. The van der Waals surface area contributed by atoms with Crippen LogP contribution in [0.4, 0.5) is 0 Å². The van der Waals surface area contributed by atoms with Gasteiger partial charge in [0, 0.05) is 0 Å². The van der Waals surface area contributed by atoms with E-state index < -0.39 is 40.4 Å². The highest BCUT2D eigenvalue weighted by Crippen LogP contribution is 2.27. The third kappa shape index (κ3) is 2.44. The minimum absolute atomic E-state index is 0.135. The van der Waals surface area contributed by atoms with E-state index in [1.165, 1.54) is 6.92 Å². The first-order chi connectivity index (χ1) is 9.23. The summed E-state index contributed by atoms with van der Waals surface area (Å²) >= 11 is 0.574. The van der Waals surface area contributed by atoms with Crippen LogP contribution in [0.3, 0.4) is 0 Å². The third-order valence-electron chi connectivity index (χ3n) is 2.73. The first kappa shape index (κ1) is 14.6. The number of carbonyl (C=O) groups is 3. The Morgan fingerprint density at radius 2 is 2.10 bits per heavy atom. The number of aromatic carboxylic acids is 1. The largest absolute Gasteiger partial charge is 0.477 e. The zero-order chi connectivity index (χ0) is 15.1. The molecule has 2 N–H and O–H groups in total. The lowest BCUT2D eigenvalue weighted by Gasteiger charge is -2.30. The number of amides is 2. The van der Waals surface area contributed by atoms with Crippen LogP contribution in [0.25, 0.3) is 0 Å². The van der Waals surface area contributed by atoms with Crippen LogP contribution in [0.1, 0.15) is 16.6 Å². The summed E-state index contributed by atoms with van der Waals surface area (Å²) in [6, 6.07) is 1.27. The Bertz CT molecular complexity index is 692. The van der Waals surface area contributed by atoms with E-state index in [9.17, 15) is 22.8 Å². The van der Waals surface area contributed by atoms with Gasteiger partial charge in [-0.25, -0.2) is 13.2 Å². The SMILES string of the molecule is CC1C(=O)NC(=O)CN1S(=O)(=O)c1ccc(C(=O)O)s1. The van der Waals surface area contributed by atoms with Gasteiger partial charge in [-0.1, -0.05) is 0 Å². The Kier molecular flexibility index (Phi) is 3.63. The van der Waals surface area contributed by atoms with Gasteiger partial charge in [-0.3, -0.25) is 14.9 Å². The number of carbonyl (C=O) groups excluding carboxylic acids is 2. The number of rotatable bonds is 3. The molecule has 1 aliphatic rings. The predicted molar refractivity (Wildman–Crippen MR) is 67.8 cm³/mol. The van der Waals surface area contributed by atoms with E-state index in [0.29, 0.717) is 11.3 Å². The van der Waals surface area contributed by atoms with Crippen LogP contribution in [0, 0.1) is 0 Å². The third-order valence-corrected chi connectivity index (χ3v) is 6.19. The maximum atomic E-state index is 12.3. The molecule has 0 aliphatic carbocycles. The fourth-order valence-electron chi connectivity index (χ4n) is 1.67. The molecule has 1 atom stereocenters. The standard InChI is InChI=1S/C10H10N2O6S2/c1-5-9(14)11-7(13)4-12(5)20(17,18)8-3-2-6(19-8)10(15)16/h2-3,5H,4H2,1H3,(H,15,16)(H,11,13,14). The molecule has 10 heteroatoms. The zero-order valence-corrected chi connectivity index (χ0v) is 11.8. The second kappa shape index (κ2) is 4.96. The van der Waals surface area contributed by atoms with Gasteiger partial charge in [0.15, 0.2) is 0 Å². The van der Waals surface area contributed by atoms with Crippen molar-refractivity contribution in [2.45, 2.75) is 17.2 Å². The highest BCUT2D eigenvalue weighted by molar-refractivity contribution is 7.91. The molecule has 20 heavy (non-hydrogen) atoms. The van der Waals surface area contributed by atoms with Crippen LogP contribution in [-0.4, -0.2) is 48.2 Å². The number of hydrogen-bond donors (Lipinski definition) is 2. The van der Waals surface area contributed by atoms with Gasteiger partial charge in [-0.05, 0) is 19.1 Å². The lowest BCUT2D eigenvalue weighted by Crippen LogP contribution is -2.58. The van der Waals surface area contributed by atoms with E-state index in [1.807, 2.05) is 5.32 Å². The quantitative estimate of drug-likeness (QED) is 0.724. The molecule has 2 rings (SSSR count). The molecule has 1 saturated heterocycles. The van der Waals surface area contributed by atoms with Crippen molar-refractivity contribution in [2.24, 2.45) is 0 Å². The van der Waals surface area contributed by atoms with Crippen LogP contribution in [-0.2, 0) is 19.6 Å². The molecule has 1 aromatic heterocycles. The van der Waals surface area contributed by atoms with Gasteiger partial charge in [-0.15, -0.1) is 11.3 Å². The highest BCUT2D eigenvalue weighted by Gasteiger charge is 2.39. The molecule has 0 spiro atoms. The summed E-state index contributed by atoms with van der Waals surface area (Å²) in [4.78, 5) is 33.4. The lowest BCUT2D eigenvalue weighted by molar-refractivity contribution is -0.136. The van der Waals surface area contributed by atoms with Crippen LogP contribution in [0.5, 0.6) is 0 Å². The molecular formula is C10H10N2O6S2. The Morgan fingerprint density at radius 3 is 2.65 bits per heavy atom. The number of carboxylic acids is 1. The first-order valence-corrected chi connectivity index (χ1v) is 7.68. The molecule has 0 saturated carbocycles. The molecule has 2 heterocycles. The second-order valence-corrected chi connectivity index (χ2v) is 7.26. The summed E-state index contributed by atoms with van der Waals surface area (Å²) in [6.07, 6.45) is 0. The van der Waals surface area contributed by atoms with E-state index in [1.54, 1.807) is 0 Å². The number of nitrogens with zero attached hydrogens (tertiary/aromatic N) is 1. The topological polar surface area (TPSA) is 121 Å². The Hall–Kier alpha value is -1.78. The minimum Gasteiger partial charge on any atom is -0.477 e. The predicted octanol–water partition coefficient (Wildman–Crippen LogP) is -0.518. The monoisotopic (exact) mass is 318 g/mol. The summed E-state index contributed by atoms with van der Waals surface area (Å²) in [6.45, 7) is 0.876. The lowest BCUT2D eigenvalue weighted by atomic mass is 10.2. The van der Waals surface area contributed by atoms with E-state index >= 15 is 0 Å². The number of sulfonamides is 1. The van der Waals surface area contributed by atoms with Crippen molar-refractivity contribution < 1.29 is 27.9 Å². The van der Waals surface area contributed by atoms with Crippen LogP contribution >= 0.6 is 11.3 Å². The molecule has 0 bridgehead atoms. The minimum atomic E-state index is -4.08. The van der Waals surface area contributed by atoms with Crippen molar-refractivity contribution in [2.75, 3.05) is 6.54 Å². The van der Waals surface area contributed by atoms with Gasteiger partial charge in [0.2, 0.25) is 11.8 Å². The fraction of sp³-hybridized carbons (Fsp3) is 0.300. The number of carboxylic acid groups (broad SMARTS) is 1. The Labute approximate surface area is 118 Å². The molecule has 1 fully saturated rings. The molecule has 1 unspecified atom stereocenters. The second-order valence-electron chi connectivity index (χ2n) is 4.06. The van der Waals surface area contributed by atoms with Crippen LogP contribution < -0.4 is 5.32 Å². The summed E-state index contributed by atoms with van der Waals surface area (Å²) in [5.41, 5.74) is 0. The average molecular weight is 318 g/mol. The highest BCUT2D eigenvalue weighted by atomic mass is 32.2. The maximum absolute atomic E-state index is 12.3. The normalized spacial score (nSPS) is 20.8. The van der Waals surface area contributed by atoms with Crippen LogP contribution in [0.2, 0.25) is 0 Å². The summed E-state index contributed by atoms with van der Waals surface area (Å²) in [5, 5.41) is 10.8. The number of piperazine rings is 1. The first-order valence-electron chi connectivity index (χ1n) is 5.42. The van der Waals surface area contributed by atoms with Crippen molar-refractivity contribution >= 4 is 39.1 Å². The number of nitrogens with one attached hydrogen (secondary N) is 1. The van der Waals surface area contributed by atoms with E-state index in [4.69, 9.17) is 5.11 Å². The summed E-state index contributed by atoms with van der Waals surface area (Å²) in [7, 11) is -4.08. The molecule has 8 nitrogen and oxygen atoms in total. The van der Waals surface area contributed by atoms with Crippen molar-refractivity contribution in [3.8, 4) is 0 Å². The van der Waals surface area contributed by atoms with Crippen molar-refractivity contribution in [1.29, 1.82) is 0 Å². The van der Waals surface area contributed by atoms with E-state index in [-0.39, 0.29) is 9.09 Å². The van der Waals surface area contributed by atoms with Crippen LogP contribution in [0.15, 0.2) is 16.3 Å². The molecular weight excluding hydrogens is 308 g/mol.